The summed E-state index contributed by atoms with van der Waals surface area (Å²) in [5.41, 5.74) is 1.25. The van der Waals surface area contributed by atoms with Crippen molar-refractivity contribution in [3.8, 4) is 5.75 Å². The van der Waals surface area contributed by atoms with E-state index < -0.39 is 18.7 Å². The van der Waals surface area contributed by atoms with E-state index in [0.717, 1.165) is 0 Å². The number of amides is 1. The van der Waals surface area contributed by atoms with Gasteiger partial charge < -0.3 is 20.1 Å². The van der Waals surface area contributed by atoms with Gasteiger partial charge in [-0.15, -0.1) is 0 Å². The Morgan fingerprint density at radius 2 is 1.74 bits per heavy atom. The maximum atomic E-state index is 12.4. The van der Waals surface area contributed by atoms with Crippen molar-refractivity contribution in [2.24, 2.45) is 0 Å². The Hall–Kier alpha value is -3.16. The number of nitrogens with one attached hydrogen (secondary N) is 2. The van der Waals surface area contributed by atoms with Gasteiger partial charge in [-0.3, -0.25) is 4.79 Å². The molecule has 2 aromatic carbocycles. The molecular weight excluding hydrogens is 358 g/mol. The van der Waals surface area contributed by atoms with Gasteiger partial charge in [-0.25, -0.2) is 4.79 Å². The van der Waals surface area contributed by atoms with Crippen LogP contribution in [0.15, 0.2) is 48.5 Å². The minimum absolute atomic E-state index is 0.0269. The predicted molar refractivity (Wildman–Crippen MR) is 96.4 cm³/mol. The largest absolute Gasteiger partial charge is 0.449 e. The van der Waals surface area contributed by atoms with Crippen molar-refractivity contribution in [2.45, 2.75) is 26.6 Å². The third kappa shape index (κ3) is 5.95. The standard InChI is InChI=1S/C19H20F2N2O4/c1-3-22-17(24)12(2)26-18(25)15-6-4-5-7-16(15)23-13-8-10-14(11-9-13)27-19(20)21/h4-12,19,23H,3H2,1-2H3,(H,22,24)/t12-/m0/s1. The van der Waals surface area contributed by atoms with E-state index in [0.29, 0.717) is 17.9 Å². The van der Waals surface area contributed by atoms with Crippen LogP contribution in [-0.4, -0.2) is 31.1 Å². The molecule has 1 amide bonds. The summed E-state index contributed by atoms with van der Waals surface area (Å²) in [6.07, 6.45) is -0.934. The zero-order valence-corrected chi connectivity index (χ0v) is 14.9. The second-order valence-corrected chi connectivity index (χ2v) is 5.52. The van der Waals surface area contributed by atoms with Crippen LogP contribution in [0, 0.1) is 0 Å². The van der Waals surface area contributed by atoms with Gasteiger partial charge in [0.15, 0.2) is 6.10 Å². The number of carbonyl (C=O) groups excluding carboxylic acids is 2. The van der Waals surface area contributed by atoms with Crippen molar-refractivity contribution < 1.29 is 27.8 Å². The number of alkyl halides is 2. The fraction of sp³-hybridized carbons (Fsp3) is 0.263. The van der Waals surface area contributed by atoms with Crippen molar-refractivity contribution in [1.82, 2.24) is 5.32 Å². The van der Waals surface area contributed by atoms with E-state index in [1.165, 1.54) is 31.2 Å². The topological polar surface area (TPSA) is 76.7 Å². The highest BCUT2D eigenvalue weighted by molar-refractivity contribution is 5.98. The molecule has 8 heteroatoms. The van der Waals surface area contributed by atoms with Crippen LogP contribution in [0.1, 0.15) is 24.2 Å². The minimum Gasteiger partial charge on any atom is -0.449 e. The highest BCUT2D eigenvalue weighted by Gasteiger charge is 2.20. The van der Waals surface area contributed by atoms with E-state index >= 15 is 0 Å². The molecule has 2 rings (SSSR count). The number of benzene rings is 2. The minimum atomic E-state index is -2.90. The van der Waals surface area contributed by atoms with E-state index in [-0.39, 0.29) is 17.2 Å². The smallest absolute Gasteiger partial charge is 0.387 e. The molecule has 0 heterocycles. The molecular formula is C19H20F2N2O4. The molecule has 0 aliphatic heterocycles. The monoisotopic (exact) mass is 378 g/mol. The molecule has 27 heavy (non-hydrogen) atoms. The highest BCUT2D eigenvalue weighted by atomic mass is 19.3. The molecule has 0 fully saturated rings. The Balaban J connectivity index is 2.11. The average molecular weight is 378 g/mol. The number of hydrogen-bond acceptors (Lipinski definition) is 5. The van der Waals surface area contributed by atoms with E-state index in [1.54, 1.807) is 31.2 Å². The van der Waals surface area contributed by atoms with Gasteiger partial charge in [-0.05, 0) is 50.2 Å². The molecule has 2 aromatic rings. The lowest BCUT2D eigenvalue weighted by Crippen LogP contribution is -2.35. The first-order chi connectivity index (χ1) is 12.9. The SMILES string of the molecule is CCNC(=O)[C@H](C)OC(=O)c1ccccc1Nc1ccc(OC(F)F)cc1. The van der Waals surface area contributed by atoms with Crippen LogP contribution in [0.2, 0.25) is 0 Å². The van der Waals surface area contributed by atoms with Crippen LogP contribution in [0.4, 0.5) is 20.2 Å². The number of ether oxygens (including phenoxy) is 2. The molecule has 2 N–H and O–H groups in total. The first-order valence-electron chi connectivity index (χ1n) is 8.30. The van der Waals surface area contributed by atoms with Gasteiger partial charge in [0.1, 0.15) is 5.75 Å². The van der Waals surface area contributed by atoms with Crippen molar-refractivity contribution in [3.05, 3.63) is 54.1 Å². The molecule has 144 valence electrons. The molecule has 0 unspecified atom stereocenters. The molecule has 0 saturated heterocycles. The molecule has 0 radical (unpaired) electrons. The Kier molecular flexibility index (Phi) is 7.10. The average Bonchev–Trinajstić information content (AvgIpc) is 2.63. The molecule has 0 spiro atoms. The van der Waals surface area contributed by atoms with Crippen molar-refractivity contribution in [2.75, 3.05) is 11.9 Å². The molecule has 0 bridgehead atoms. The fourth-order valence-electron chi connectivity index (χ4n) is 2.24. The first-order valence-corrected chi connectivity index (χ1v) is 8.30. The highest BCUT2D eigenvalue weighted by Crippen LogP contribution is 2.24. The Bertz CT molecular complexity index is 782. The van der Waals surface area contributed by atoms with Crippen molar-refractivity contribution in [3.63, 3.8) is 0 Å². The van der Waals surface area contributed by atoms with E-state index in [2.05, 4.69) is 15.4 Å². The van der Waals surface area contributed by atoms with Crippen LogP contribution < -0.4 is 15.4 Å². The Morgan fingerprint density at radius 1 is 1.07 bits per heavy atom. The van der Waals surface area contributed by atoms with Crippen LogP contribution in [-0.2, 0) is 9.53 Å². The second kappa shape index (κ2) is 9.51. The number of anilines is 2. The normalized spacial score (nSPS) is 11.6. The lowest BCUT2D eigenvalue weighted by Gasteiger charge is -2.15. The Labute approximate surface area is 155 Å². The number of halogens is 2. The Morgan fingerprint density at radius 3 is 2.37 bits per heavy atom. The number of carbonyl (C=O) groups is 2. The zero-order valence-electron chi connectivity index (χ0n) is 14.9. The van der Waals surface area contributed by atoms with E-state index in [1.807, 2.05) is 0 Å². The van der Waals surface area contributed by atoms with E-state index in [9.17, 15) is 18.4 Å². The first kappa shape index (κ1) is 20.2. The summed E-state index contributed by atoms with van der Waals surface area (Å²) >= 11 is 0. The lowest BCUT2D eigenvalue weighted by molar-refractivity contribution is -0.128. The summed E-state index contributed by atoms with van der Waals surface area (Å²) < 4.78 is 33.9. The number of likely N-dealkylation sites (N-methyl/N-ethyl adjacent to an activating group) is 1. The number of esters is 1. The van der Waals surface area contributed by atoms with Gasteiger partial charge in [0, 0.05) is 12.2 Å². The fourth-order valence-corrected chi connectivity index (χ4v) is 2.24. The van der Waals surface area contributed by atoms with E-state index in [4.69, 9.17) is 4.74 Å². The molecule has 0 aromatic heterocycles. The van der Waals surface area contributed by atoms with Gasteiger partial charge in [-0.1, -0.05) is 12.1 Å². The number of para-hydroxylation sites is 1. The summed E-state index contributed by atoms with van der Waals surface area (Å²) in [5.74, 6) is -1.01. The van der Waals surface area contributed by atoms with Gasteiger partial charge in [0.25, 0.3) is 5.91 Å². The van der Waals surface area contributed by atoms with Gasteiger partial charge in [-0.2, -0.15) is 8.78 Å². The summed E-state index contributed by atoms with van der Waals surface area (Å²) in [6.45, 7) is 0.792. The quantitative estimate of drug-likeness (QED) is 0.685. The van der Waals surface area contributed by atoms with Gasteiger partial charge in [0.05, 0.1) is 11.3 Å². The predicted octanol–water partition coefficient (Wildman–Crippen LogP) is 3.71. The van der Waals surface area contributed by atoms with Crippen LogP contribution >= 0.6 is 0 Å². The summed E-state index contributed by atoms with van der Waals surface area (Å²) in [6, 6.07) is 12.5. The summed E-state index contributed by atoms with van der Waals surface area (Å²) in [4.78, 5) is 24.1. The number of hydrogen-bond donors (Lipinski definition) is 2. The number of rotatable bonds is 8. The molecule has 1 atom stereocenters. The van der Waals surface area contributed by atoms with Gasteiger partial charge in [0.2, 0.25) is 0 Å². The lowest BCUT2D eigenvalue weighted by atomic mass is 10.1. The van der Waals surface area contributed by atoms with Crippen LogP contribution in [0.25, 0.3) is 0 Å². The third-order valence-electron chi connectivity index (χ3n) is 3.51. The van der Waals surface area contributed by atoms with Crippen molar-refractivity contribution in [1.29, 1.82) is 0 Å². The zero-order chi connectivity index (χ0) is 19.8. The maximum absolute atomic E-state index is 12.4. The van der Waals surface area contributed by atoms with Crippen LogP contribution in [0.5, 0.6) is 5.75 Å². The summed E-state index contributed by atoms with van der Waals surface area (Å²) in [5, 5.41) is 5.60. The maximum Gasteiger partial charge on any atom is 0.387 e. The molecule has 0 aliphatic carbocycles. The van der Waals surface area contributed by atoms with Crippen molar-refractivity contribution >= 4 is 23.3 Å². The molecule has 6 nitrogen and oxygen atoms in total. The second-order valence-electron chi connectivity index (χ2n) is 5.52. The molecule has 0 aliphatic rings. The van der Waals surface area contributed by atoms with Crippen LogP contribution in [0.3, 0.4) is 0 Å². The summed E-state index contributed by atoms with van der Waals surface area (Å²) in [7, 11) is 0. The third-order valence-corrected chi connectivity index (χ3v) is 3.51. The molecule has 0 saturated carbocycles. The van der Waals surface area contributed by atoms with Gasteiger partial charge >= 0.3 is 12.6 Å².